The fourth-order valence-electron chi connectivity index (χ4n) is 2.13. The first-order valence-electron chi connectivity index (χ1n) is 6.06. The summed E-state index contributed by atoms with van der Waals surface area (Å²) in [5.74, 6) is -0.110. The fraction of sp³-hybridized carbons (Fsp3) is 0.583. The highest BCUT2D eigenvalue weighted by Crippen LogP contribution is 2.32. The van der Waals surface area contributed by atoms with Crippen molar-refractivity contribution in [1.29, 1.82) is 0 Å². The standard InChI is InChI=1S/C12H15F3N2O2/c13-12(14,15)11(19)9-3-6-16(7-9)8-10(18)17-4-1-2-5-17/h3,6-7,11,19H,1-2,4-5,8H2. The number of aliphatic hydroxyl groups excluding tert-OH is 1. The van der Waals surface area contributed by atoms with Gasteiger partial charge in [0.25, 0.3) is 0 Å². The third kappa shape index (κ3) is 3.28. The van der Waals surface area contributed by atoms with Crippen LogP contribution in [0.1, 0.15) is 24.5 Å². The van der Waals surface area contributed by atoms with Crippen molar-refractivity contribution in [3.63, 3.8) is 0 Å². The zero-order valence-electron chi connectivity index (χ0n) is 10.2. The third-order valence-corrected chi connectivity index (χ3v) is 3.18. The minimum atomic E-state index is -4.69. The van der Waals surface area contributed by atoms with Crippen LogP contribution in [0, 0.1) is 0 Å². The van der Waals surface area contributed by atoms with Crippen LogP contribution in [0.25, 0.3) is 0 Å². The topological polar surface area (TPSA) is 45.5 Å². The molecule has 0 radical (unpaired) electrons. The molecule has 106 valence electrons. The van der Waals surface area contributed by atoms with E-state index in [0.29, 0.717) is 13.1 Å². The summed E-state index contributed by atoms with van der Waals surface area (Å²) in [6.07, 6.45) is -2.73. The van der Waals surface area contributed by atoms with E-state index >= 15 is 0 Å². The van der Waals surface area contributed by atoms with E-state index in [1.807, 2.05) is 0 Å². The van der Waals surface area contributed by atoms with Crippen molar-refractivity contribution in [3.8, 4) is 0 Å². The molecule has 1 amide bonds. The predicted octanol–water partition coefficient (Wildman–Crippen LogP) is 1.71. The summed E-state index contributed by atoms with van der Waals surface area (Å²) in [5, 5.41) is 9.08. The molecule has 0 spiro atoms. The molecule has 0 saturated carbocycles. The van der Waals surface area contributed by atoms with Crippen LogP contribution in [0.3, 0.4) is 0 Å². The molecule has 7 heteroatoms. The van der Waals surface area contributed by atoms with Crippen molar-refractivity contribution in [3.05, 3.63) is 24.0 Å². The molecule has 2 heterocycles. The van der Waals surface area contributed by atoms with Gasteiger partial charge >= 0.3 is 6.18 Å². The van der Waals surface area contributed by atoms with Gasteiger partial charge < -0.3 is 14.6 Å². The van der Waals surface area contributed by atoms with Crippen LogP contribution in [0.15, 0.2) is 18.5 Å². The second kappa shape index (κ2) is 5.24. The number of carbonyl (C=O) groups excluding carboxylic acids is 1. The second-order valence-corrected chi connectivity index (χ2v) is 4.65. The number of hydrogen-bond donors (Lipinski definition) is 1. The van der Waals surface area contributed by atoms with Gasteiger partial charge in [0.15, 0.2) is 6.10 Å². The maximum atomic E-state index is 12.3. The van der Waals surface area contributed by atoms with Crippen molar-refractivity contribution in [2.24, 2.45) is 0 Å². The van der Waals surface area contributed by atoms with E-state index in [9.17, 15) is 18.0 Å². The Hall–Kier alpha value is -1.50. The van der Waals surface area contributed by atoms with Crippen LogP contribution in [0.2, 0.25) is 0 Å². The molecule has 19 heavy (non-hydrogen) atoms. The highest BCUT2D eigenvalue weighted by Gasteiger charge is 2.39. The van der Waals surface area contributed by atoms with E-state index < -0.39 is 12.3 Å². The molecule has 1 aliphatic rings. The lowest BCUT2D eigenvalue weighted by atomic mass is 10.2. The van der Waals surface area contributed by atoms with Crippen molar-refractivity contribution >= 4 is 5.91 Å². The van der Waals surface area contributed by atoms with Crippen LogP contribution in [-0.2, 0) is 11.3 Å². The number of carbonyl (C=O) groups is 1. The minimum absolute atomic E-state index is 0.00454. The third-order valence-electron chi connectivity index (χ3n) is 3.18. The van der Waals surface area contributed by atoms with Crippen LogP contribution < -0.4 is 0 Å². The number of nitrogens with zero attached hydrogens (tertiary/aromatic N) is 2. The van der Waals surface area contributed by atoms with Crippen molar-refractivity contribution in [2.75, 3.05) is 13.1 Å². The monoisotopic (exact) mass is 276 g/mol. The molecule has 2 rings (SSSR count). The molecule has 0 aliphatic carbocycles. The average molecular weight is 276 g/mol. The first-order valence-corrected chi connectivity index (χ1v) is 6.06. The molecular weight excluding hydrogens is 261 g/mol. The highest BCUT2D eigenvalue weighted by molar-refractivity contribution is 5.76. The van der Waals surface area contributed by atoms with Gasteiger partial charge in [-0.15, -0.1) is 0 Å². The summed E-state index contributed by atoms with van der Waals surface area (Å²) in [6, 6.07) is 1.18. The molecule has 0 aromatic carbocycles. The predicted molar refractivity (Wildman–Crippen MR) is 61.3 cm³/mol. The molecule has 0 bridgehead atoms. The Morgan fingerprint density at radius 1 is 1.37 bits per heavy atom. The van der Waals surface area contributed by atoms with Gasteiger partial charge in [0.05, 0.1) is 0 Å². The Balaban J connectivity index is 1.99. The first kappa shape index (κ1) is 13.9. The Morgan fingerprint density at radius 2 is 2.00 bits per heavy atom. The van der Waals surface area contributed by atoms with Gasteiger partial charge in [0.1, 0.15) is 6.54 Å². The molecule has 1 unspecified atom stereocenters. The number of halogens is 3. The Labute approximate surface area is 108 Å². The summed E-state index contributed by atoms with van der Waals surface area (Å²) in [7, 11) is 0. The van der Waals surface area contributed by atoms with E-state index in [2.05, 4.69) is 0 Å². The number of hydrogen-bond acceptors (Lipinski definition) is 2. The number of alkyl halides is 3. The molecular formula is C12H15F3N2O2. The van der Waals surface area contributed by atoms with Crippen LogP contribution in [-0.4, -0.2) is 39.7 Å². The number of aromatic nitrogens is 1. The molecule has 1 aromatic heterocycles. The molecule has 1 atom stereocenters. The summed E-state index contributed by atoms with van der Waals surface area (Å²) in [6.45, 7) is 1.42. The molecule has 1 aromatic rings. The van der Waals surface area contributed by atoms with E-state index in [1.54, 1.807) is 4.90 Å². The van der Waals surface area contributed by atoms with Gasteiger partial charge in [-0.05, 0) is 18.9 Å². The van der Waals surface area contributed by atoms with Crippen LogP contribution in [0.5, 0.6) is 0 Å². The van der Waals surface area contributed by atoms with Gasteiger partial charge in [0.2, 0.25) is 5.91 Å². The number of likely N-dealkylation sites (tertiary alicyclic amines) is 1. The first-order chi connectivity index (χ1) is 8.88. The Morgan fingerprint density at radius 3 is 2.58 bits per heavy atom. The van der Waals surface area contributed by atoms with Crippen molar-refractivity contribution in [1.82, 2.24) is 9.47 Å². The fourth-order valence-corrected chi connectivity index (χ4v) is 2.13. The minimum Gasteiger partial charge on any atom is -0.379 e. The van der Waals surface area contributed by atoms with Gasteiger partial charge in [0, 0.05) is 31.0 Å². The summed E-state index contributed by atoms with van der Waals surface area (Å²) >= 11 is 0. The van der Waals surface area contributed by atoms with E-state index in [-0.39, 0.29) is 18.0 Å². The summed E-state index contributed by atoms with van der Waals surface area (Å²) in [4.78, 5) is 13.5. The quantitative estimate of drug-likeness (QED) is 0.913. The van der Waals surface area contributed by atoms with Gasteiger partial charge in [-0.3, -0.25) is 4.79 Å². The normalized spacial score (nSPS) is 17.8. The van der Waals surface area contributed by atoms with Crippen molar-refractivity contribution in [2.45, 2.75) is 31.7 Å². The molecule has 4 nitrogen and oxygen atoms in total. The largest absolute Gasteiger partial charge is 0.418 e. The van der Waals surface area contributed by atoms with Gasteiger partial charge in [-0.25, -0.2) is 0 Å². The number of rotatable bonds is 3. The lowest BCUT2D eigenvalue weighted by Gasteiger charge is -2.15. The highest BCUT2D eigenvalue weighted by atomic mass is 19.4. The molecule has 1 saturated heterocycles. The lowest BCUT2D eigenvalue weighted by Crippen LogP contribution is -2.30. The smallest absolute Gasteiger partial charge is 0.379 e. The van der Waals surface area contributed by atoms with Crippen molar-refractivity contribution < 1.29 is 23.1 Å². The SMILES string of the molecule is O=C(Cn1ccc(C(O)C(F)(F)F)c1)N1CCCC1. The lowest BCUT2D eigenvalue weighted by molar-refractivity contribution is -0.206. The summed E-state index contributed by atoms with van der Waals surface area (Å²) < 4.78 is 38.3. The molecule has 1 fully saturated rings. The molecule has 1 N–H and O–H groups in total. The number of amides is 1. The van der Waals surface area contributed by atoms with Gasteiger partial charge in [-0.2, -0.15) is 13.2 Å². The Kier molecular flexibility index (Phi) is 3.84. The number of aliphatic hydroxyl groups is 1. The van der Waals surface area contributed by atoms with E-state index in [1.165, 1.54) is 16.8 Å². The molecule has 1 aliphatic heterocycles. The maximum absolute atomic E-state index is 12.3. The Bertz CT molecular complexity index is 450. The van der Waals surface area contributed by atoms with E-state index in [4.69, 9.17) is 5.11 Å². The zero-order valence-corrected chi connectivity index (χ0v) is 10.2. The average Bonchev–Trinajstić information content (AvgIpc) is 2.97. The maximum Gasteiger partial charge on any atom is 0.418 e. The van der Waals surface area contributed by atoms with Crippen LogP contribution >= 0.6 is 0 Å². The van der Waals surface area contributed by atoms with Crippen LogP contribution in [0.4, 0.5) is 13.2 Å². The van der Waals surface area contributed by atoms with Gasteiger partial charge in [-0.1, -0.05) is 0 Å². The summed E-state index contributed by atoms with van der Waals surface area (Å²) in [5.41, 5.74) is -0.248. The van der Waals surface area contributed by atoms with E-state index in [0.717, 1.165) is 19.0 Å². The second-order valence-electron chi connectivity index (χ2n) is 4.65. The zero-order chi connectivity index (χ0) is 14.0.